The third-order valence-corrected chi connectivity index (χ3v) is 6.74. The maximum absolute atomic E-state index is 13.7. The van der Waals surface area contributed by atoms with E-state index >= 15 is 0 Å². The highest BCUT2D eigenvalue weighted by Crippen LogP contribution is 2.30. The quantitative estimate of drug-likeness (QED) is 0.514. The molecule has 0 aliphatic carbocycles. The lowest BCUT2D eigenvalue weighted by molar-refractivity contribution is -0.132. The van der Waals surface area contributed by atoms with Gasteiger partial charge in [-0.3, -0.25) is 14.5 Å². The number of hydrogen-bond acceptors (Lipinski definition) is 6. The van der Waals surface area contributed by atoms with E-state index in [2.05, 4.69) is 10.00 Å². The zero-order chi connectivity index (χ0) is 25.3. The summed E-state index contributed by atoms with van der Waals surface area (Å²) in [6.07, 6.45) is 1.74. The Morgan fingerprint density at radius 3 is 2.34 bits per heavy atom. The first kappa shape index (κ1) is 24.9. The number of aromatic nitrogens is 3. The number of furan rings is 1. The van der Waals surface area contributed by atoms with E-state index in [9.17, 15) is 9.59 Å². The first-order valence-corrected chi connectivity index (χ1v) is 12.5. The highest BCUT2D eigenvalue weighted by Gasteiger charge is 2.27. The molecule has 1 fully saturated rings. The Hall–Kier alpha value is -3.20. The fourth-order valence-corrected chi connectivity index (χ4v) is 4.74. The van der Waals surface area contributed by atoms with Crippen LogP contribution in [0.2, 0.25) is 0 Å². The molecule has 35 heavy (non-hydrogen) atoms. The fourth-order valence-electron chi connectivity index (χ4n) is 4.74. The molecule has 0 bridgehead atoms. The van der Waals surface area contributed by atoms with Gasteiger partial charge in [0.2, 0.25) is 5.91 Å². The summed E-state index contributed by atoms with van der Waals surface area (Å²) < 4.78 is 7.59. The van der Waals surface area contributed by atoms with E-state index in [4.69, 9.17) is 9.40 Å². The summed E-state index contributed by atoms with van der Waals surface area (Å²) in [4.78, 5) is 37.0. The summed E-state index contributed by atoms with van der Waals surface area (Å²) in [6.45, 7) is 16.2. The summed E-state index contributed by atoms with van der Waals surface area (Å²) in [7, 11) is 0. The Morgan fingerprint density at radius 2 is 1.77 bits per heavy atom. The zero-order valence-corrected chi connectivity index (χ0v) is 21.7. The van der Waals surface area contributed by atoms with Crippen LogP contribution in [0.25, 0.3) is 22.3 Å². The number of carbonyl (C=O) groups is 2. The highest BCUT2D eigenvalue weighted by molar-refractivity contribution is 6.06. The van der Waals surface area contributed by atoms with E-state index in [0.29, 0.717) is 62.7 Å². The maximum Gasteiger partial charge on any atom is 0.254 e. The van der Waals surface area contributed by atoms with E-state index in [1.54, 1.807) is 6.20 Å². The van der Waals surface area contributed by atoms with Crippen molar-refractivity contribution < 1.29 is 14.0 Å². The maximum atomic E-state index is 13.7. The van der Waals surface area contributed by atoms with Crippen molar-refractivity contribution in [3.63, 3.8) is 0 Å². The minimum Gasteiger partial charge on any atom is -0.466 e. The van der Waals surface area contributed by atoms with Crippen LogP contribution in [0, 0.1) is 13.8 Å². The standard InChI is InChI=1S/C26H36N6O3/c1-7-30(8-2)24(33)16-29-9-11-31(12-10-29)26(34)21-14-23(20-13-18(5)35-19(20)6)28-25-22(21)15-27-32(25)17(3)4/h13-15,17H,7-12,16H2,1-6H3. The average molecular weight is 481 g/mol. The molecule has 0 spiro atoms. The van der Waals surface area contributed by atoms with Gasteiger partial charge in [-0.15, -0.1) is 0 Å². The number of carbonyl (C=O) groups excluding carboxylic acids is 2. The van der Waals surface area contributed by atoms with Crippen LogP contribution >= 0.6 is 0 Å². The van der Waals surface area contributed by atoms with Crippen molar-refractivity contribution in [3.8, 4) is 11.3 Å². The van der Waals surface area contributed by atoms with E-state index in [-0.39, 0.29) is 17.9 Å². The van der Waals surface area contributed by atoms with Gasteiger partial charge < -0.3 is 14.2 Å². The fraction of sp³-hybridized carbons (Fsp3) is 0.538. The molecular weight excluding hydrogens is 444 g/mol. The Labute approximate surface area is 206 Å². The molecule has 0 N–H and O–H groups in total. The van der Waals surface area contributed by atoms with E-state index in [0.717, 1.165) is 22.5 Å². The van der Waals surface area contributed by atoms with Gasteiger partial charge in [0.1, 0.15) is 11.5 Å². The molecule has 0 aromatic carbocycles. The van der Waals surface area contributed by atoms with Gasteiger partial charge in [-0.1, -0.05) is 0 Å². The van der Waals surface area contributed by atoms with Gasteiger partial charge in [0, 0.05) is 50.9 Å². The number of amides is 2. The first-order chi connectivity index (χ1) is 16.7. The van der Waals surface area contributed by atoms with Crippen LogP contribution in [0.4, 0.5) is 0 Å². The summed E-state index contributed by atoms with van der Waals surface area (Å²) in [5.41, 5.74) is 2.89. The molecule has 188 valence electrons. The Bertz CT molecular complexity index is 1220. The van der Waals surface area contributed by atoms with Gasteiger partial charge in [-0.2, -0.15) is 5.10 Å². The third-order valence-electron chi connectivity index (χ3n) is 6.74. The summed E-state index contributed by atoms with van der Waals surface area (Å²) in [6, 6.07) is 3.93. The molecule has 3 aromatic rings. The van der Waals surface area contributed by atoms with Gasteiger partial charge in [0.25, 0.3) is 5.91 Å². The van der Waals surface area contributed by atoms with Crippen LogP contribution in [0.3, 0.4) is 0 Å². The minimum absolute atomic E-state index is 0.0328. The number of rotatable bonds is 7. The molecular formula is C26H36N6O3. The highest BCUT2D eigenvalue weighted by atomic mass is 16.3. The number of nitrogens with zero attached hydrogens (tertiary/aromatic N) is 6. The topological polar surface area (TPSA) is 87.7 Å². The van der Waals surface area contributed by atoms with Crippen LogP contribution in [0.5, 0.6) is 0 Å². The van der Waals surface area contributed by atoms with Crippen molar-refractivity contribution in [2.24, 2.45) is 0 Å². The Morgan fingerprint density at radius 1 is 1.09 bits per heavy atom. The second-order valence-electron chi connectivity index (χ2n) is 9.44. The summed E-state index contributed by atoms with van der Waals surface area (Å²) in [5, 5.41) is 5.29. The molecule has 4 heterocycles. The molecule has 2 amide bonds. The first-order valence-electron chi connectivity index (χ1n) is 12.5. The van der Waals surface area contributed by atoms with Crippen LogP contribution < -0.4 is 0 Å². The van der Waals surface area contributed by atoms with Crippen molar-refractivity contribution in [2.75, 3.05) is 45.8 Å². The van der Waals surface area contributed by atoms with E-state index in [1.807, 2.05) is 68.2 Å². The molecule has 0 unspecified atom stereocenters. The molecule has 9 nitrogen and oxygen atoms in total. The number of likely N-dealkylation sites (N-methyl/N-ethyl adjacent to an activating group) is 1. The number of aryl methyl sites for hydroxylation is 2. The second kappa shape index (κ2) is 10.2. The van der Waals surface area contributed by atoms with Gasteiger partial charge in [0.05, 0.1) is 29.4 Å². The lowest BCUT2D eigenvalue weighted by atomic mass is 10.1. The molecule has 4 rings (SSSR count). The average Bonchev–Trinajstić information content (AvgIpc) is 3.41. The predicted molar refractivity (Wildman–Crippen MR) is 135 cm³/mol. The van der Waals surface area contributed by atoms with Crippen molar-refractivity contribution >= 4 is 22.8 Å². The SMILES string of the molecule is CCN(CC)C(=O)CN1CCN(C(=O)c2cc(-c3cc(C)oc3C)nc3c2cnn3C(C)C)CC1. The van der Waals surface area contributed by atoms with Gasteiger partial charge in [-0.05, 0) is 53.7 Å². The number of piperazine rings is 1. The van der Waals surface area contributed by atoms with E-state index in [1.165, 1.54) is 0 Å². The number of pyridine rings is 1. The Balaban J connectivity index is 1.60. The van der Waals surface area contributed by atoms with Crippen molar-refractivity contribution in [3.05, 3.63) is 35.4 Å². The molecule has 9 heteroatoms. The second-order valence-corrected chi connectivity index (χ2v) is 9.44. The number of hydrogen-bond donors (Lipinski definition) is 0. The normalized spacial score (nSPS) is 14.8. The van der Waals surface area contributed by atoms with Crippen LogP contribution in [-0.4, -0.2) is 87.1 Å². The molecule has 0 radical (unpaired) electrons. The summed E-state index contributed by atoms with van der Waals surface area (Å²) >= 11 is 0. The van der Waals surface area contributed by atoms with Gasteiger partial charge in [-0.25, -0.2) is 9.67 Å². The van der Waals surface area contributed by atoms with Crippen molar-refractivity contribution in [1.29, 1.82) is 0 Å². The lowest BCUT2D eigenvalue weighted by Crippen LogP contribution is -2.51. The van der Waals surface area contributed by atoms with Gasteiger partial charge >= 0.3 is 0 Å². The van der Waals surface area contributed by atoms with Crippen LogP contribution in [0.1, 0.15) is 55.6 Å². The molecule has 0 atom stereocenters. The lowest BCUT2D eigenvalue weighted by Gasteiger charge is -2.35. The molecule has 0 saturated carbocycles. The minimum atomic E-state index is -0.0328. The third kappa shape index (κ3) is 4.96. The monoisotopic (exact) mass is 480 g/mol. The van der Waals surface area contributed by atoms with Crippen molar-refractivity contribution in [1.82, 2.24) is 29.5 Å². The number of fused-ring (bicyclic) bond motifs is 1. The van der Waals surface area contributed by atoms with Crippen LogP contribution in [0.15, 0.2) is 22.7 Å². The van der Waals surface area contributed by atoms with E-state index < -0.39 is 0 Å². The van der Waals surface area contributed by atoms with Crippen LogP contribution in [-0.2, 0) is 4.79 Å². The largest absolute Gasteiger partial charge is 0.466 e. The zero-order valence-electron chi connectivity index (χ0n) is 21.7. The molecule has 1 saturated heterocycles. The summed E-state index contributed by atoms with van der Waals surface area (Å²) in [5.74, 6) is 1.69. The molecule has 3 aromatic heterocycles. The molecule has 1 aliphatic heterocycles. The molecule has 1 aliphatic rings. The Kier molecular flexibility index (Phi) is 7.25. The van der Waals surface area contributed by atoms with Gasteiger partial charge in [0.15, 0.2) is 5.65 Å². The predicted octanol–water partition coefficient (Wildman–Crippen LogP) is 3.52. The smallest absolute Gasteiger partial charge is 0.254 e. The van der Waals surface area contributed by atoms with Crippen molar-refractivity contribution in [2.45, 2.75) is 47.6 Å².